The maximum atomic E-state index is 12.1. The largest absolute Gasteiger partial charge is 0.484 e. The Hall–Kier alpha value is -1.82. The lowest BCUT2D eigenvalue weighted by atomic mass is 10.3. The summed E-state index contributed by atoms with van der Waals surface area (Å²) in [6, 6.07) is 12.8. The lowest BCUT2D eigenvalue weighted by molar-refractivity contribution is 0.105. The van der Waals surface area contributed by atoms with Crippen LogP contribution in [0.2, 0.25) is 5.02 Å². The number of hydrogen-bond acceptors (Lipinski definition) is 4. The van der Waals surface area contributed by atoms with Crippen LogP contribution in [0.25, 0.3) is 6.08 Å². The van der Waals surface area contributed by atoms with E-state index in [2.05, 4.69) is 15.9 Å². The van der Waals surface area contributed by atoms with Crippen molar-refractivity contribution in [1.82, 2.24) is 0 Å². The summed E-state index contributed by atoms with van der Waals surface area (Å²) in [5, 5.41) is 0.526. The third-order valence-electron chi connectivity index (χ3n) is 3.33. The first kappa shape index (κ1) is 18.0. The number of rotatable bonds is 6. The molecule has 0 aliphatic heterocycles. The zero-order valence-corrected chi connectivity index (χ0v) is 16.5. The average molecular weight is 438 g/mol. The number of halogens is 2. The van der Waals surface area contributed by atoms with Gasteiger partial charge in [-0.2, -0.15) is 0 Å². The molecule has 0 saturated heterocycles. The lowest BCUT2D eigenvalue weighted by Crippen LogP contribution is -1.94. The van der Waals surface area contributed by atoms with Crippen LogP contribution in [0.5, 0.6) is 5.75 Å². The number of allylic oxidation sites excluding steroid dienone is 1. The Morgan fingerprint density at radius 2 is 2.12 bits per heavy atom. The van der Waals surface area contributed by atoms with Gasteiger partial charge in [0, 0.05) is 9.35 Å². The van der Waals surface area contributed by atoms with Gasteiger partial charge in [0.15, 0.2) is 5.78 Å². The molecule has 128 valence electrons. The summed E-state index contributed by atoms with van der Waals surface area (Å²) in [5.74, 6) is 1.80. The first-order valence-electron chi connectivity index (χ1n) is 7.47. The molecule has 3 aromatic rings. The van der Waals surface area contributed by atoms with Gasteiger partial charge in [-0.3, -0.25) is 4.79 Å². The van der Waals surface area contributed by atoms with E-state index in [0.717, 1.165) is 9.35 Å². The molecule has 0 amide bonds. The van der Waals surface area contributed by atoms with E-state index in [1.54, 1.807) is 24.3 Å². The Kier molecular flexibility index (Phi) is 5.78. The smallest absolute Gasteiger partial charge is 0.195 e. The van der Waals surface area contributed by atoms with Gasteiger partial charge in [-0.25, -0.2) is 0 Å². The van der Waals surface area contributed by atoms with Gasteiger partial charge in [0.25, 0.3) is 0 Å². The van der Waals surface area contributed by atoms with Crippen molar-refractivity contribution in [3.05, 3.63) is 79.3 Å². The number of ether oxygens (including phenoxy) is 1. The molecule has 0 aliphatic rings. The summed E-state index contributed by atoms with van der Waals surface area (Å²) in [6.07, 6.45) is 3.17. The van der Waals surface area contributed by atoms with E-state index in [4.69, 9.17) is 20.8 Å². The highest BCUT2D eigenvalue weighted by Crippen LogP contribution is 2.28. The minimum Gasteiger partial charge on any atom is -0.484 e. The highest BCUT2D eigenvalue weighted by Gasteiger charge is 2.07. The van der Waals surface area contributed by atoms with Crippen LogP contribution in [0, 0.1) is 6.92 Å². The van der Waals surface area contributed by atoms with Crippen molar-refractivity contribution in [1.29, 1.82) is 0 Å². The number of thiophene rings is 1. The van der Waals surface area contributed by atoms with Gasteiger partial charge >= 0.3 is 0 Å². The summed E-state index contributed by atoms with van der Waals surface area (Å²) in [6.45, 7) is 2.23. The monoisotopic (exact) mass is 436 g/mol. The second-order valence-electron chi connectivity index (χ2n) is 5.28. The fraction of sp³-hybridized carbons (Fsp3) is 0.105. The summed E-state index contributed by atoms with van der Waals surface area (Å²) < 4.78 is 12.2. The zero-order chi connectivity index (χ0) is 17.8. The van der Waals surface area contributed by atoms with Crippen molar-refractivity contribution in [2.45, 2.75) is 13.5 Å². The third kappa shape index (κ3) is 4.84. The quantitative estimate of drug-likeness (QED) is 0.324. The Morgan fingerprint density at radius 3 is 2.84 bits per heavy atom. The number of carbonyl (C=O) groups is 1. The van der Waals surface area contributed by atoms with Crippen LogP contribution in [-0.4, -0.2) is 5.78 Å². The minimum atomic E-state index is -0.0334. The number of aryl methyl sites for hydroxylation is 1. The summed E-state index contributed by atoms with van der Waals surface area (Å²) in [5.41, 5.74) is 0. The fourth-order valence-corrected chi connectivity index (χ4v) is 3.63. The Morgan fingerprint density at radius 1 is 1.28 bits per heavy atom. The van der Waals surface area contributed by atoms with Crippen LogP contribution in [-0.2, 0) is 6.61 Å². The predicted molar refractivity (Wildman–Crippen MR) is 105 cm³/mol. The molecule has 2 heterocycles. The third-order valence-corrected chi connectivity index (χ3v) is 5.13. The molecule has 0 fully saturated rings. The SMILES string of the molecule is Cc1ccc(C(=O)/C=C/c2ccc(COc3ccc(Br)cc3Cl)o2)s1. The van der Waals surface area contributed by atoms with E-state index >= 15 is 0 Å². The van der Waals surface area contributed by atoms with Crippen molar-refractivity contribution in [3.63, 3.8) is 0 Å². The van der Waals surface area contributed by atoms with Crippen molar-refractivity contribution >= 4 is 50.7 Å². The van der Waals surface area contributed by atoms with Crippen LogP contribution < -0.4 is 4.74 Å². The van der Waals surface area contributed by atoms with E-state index in [1.165, 1.54) is 17.4 Å². The molecule has 3 rings (SSSR count). The number of ketones is 1. The molecular formula is C19H14BrClO3S. The van der Waals surface area contributed by atoms with Crippen molar-refractivity contribution < 1.29 is 13.9 Å². The molecule has 1 aromatic carbocycles. The lowest BCUT2D eigenvalue weighted by Gasteiger charge is -2.06. The zero-order valence-electron chi connectivity index (χ0n) is 13.3. The van der Waals surface area contributed by atoms with E-state index in [1.807, 2.05) is 31.2 Å². The van der Waals surface area contributed by atoms with Crippen molar-refractivity contribution in [2.75, 3.05) is 0 Å². The second-order valence-corrected chi connectivity index (χ2v) is 7.89. The average Bonchev–Trinajstić information content (AvgIpc) is 3.21. The second kappa shape index (κ2) is 8.04. The van der Waals surface area contributed by atoms with Crippen LogP contribution >= 0.6 is 38.9 Å². The summed E-state index contributed by atoms with van der Waals surface area (Å²) >= 11 is 10.9. The van der Waals surface area contributed by atoms with Gasteiger partial charge in [-0.1, -0.05) is 27.5 Å². The molecular weight excluding hydrogens is 424 g/mol. The maximum Gasteiger partial charge on any atom is 0.195 e. The normalized spacial score (nSPS) is 11.2. The molecule has 0 bridgehead atoms. The number of carbonyl (C=O) groups excluding carboxylic acids is 1. The van der Waals surface area contributed by atoms with E-state index < -0.39 is 0 Å². The van der Waals surface area contributed by atoms with Gasteiger partial charge in [-0.05, 0) is 61.5 Å². The van der Waals surface area contributed by atoms with Gasteiger partial charge < -0.3 is 9.15 Å². The molecule has 0 saturated carbocycles. The van der Waals surface area contributed by atoms with Gasteiger partial charge in [0.05, 0.1) is 9.90 Å². The van der Waals surface area contributed by atoms with Gasteiger partial charge in [0.1, 0.15) is 23.9 Å². The summed E-state index contributed by atoms with van der Waals surface area (Å²) in [7, 11) is 0. The van der Waals surface area contributed by atoms with Gasteiger partial charge in [-0.15, -0.1) is 11.3 Å². The molecule has 6 heteroatoms. The van der Waals surface area contributed by atoms with Gasteiger partial charge in [0.2, 0.25) is 0 Å². The highest BCUT2D eigenvalue weighted by molar-refractivity contribution is 9.10. The molecule has 2 aromatic heterocycles. The molecule has 0 aliphatic carbocycles. The van der Waals surface area contributed by atoms with Crippen LogP contribution in [0.4, 0.5) is 0 Å². The van der Waals surface area contributed by atoms with Crippen molar-refractivity contribution in [3.8, 4) is 5.75 Å². The number of hydrogen-bond donors (Lipinski definition) is 0. The predicted octanol–water partition coefficient (Wildman–Crippen LogP) is 6.54. The molecule has 0 atom stereocenters. The number of benzene rings is 1. The van der Waals surface area contributed by atoms with Crippen molar-refractivity contribution in [2.24, 2.45) is 0 Å². The topological polar surface area (TPSA) is 39.4 Å². The Balaban J connectivity index is 1.60. The number of furan rings is 1. The Bertz CT molecular complexity index is 926. The van der Waals surface area contributed by atoms with E-state index in [9.17, 15) is 4.79 Å². The molecule has 0 unspecified atom stereocenters. The van der Waals surface area contributed by atoms with Crippen LogP contribution in [0.1, 0.15) is 26.1 Å². The summed E-state index contributed by atoms with van der Waals surface area (Å²) in [4.78, 5) is 13.9. The molecule has 3 nitrogen and oxygen atoms in total. The van der Waals surface area contributed by atoms with Crippen LogP contribution in [0.15, 0.2) is 57.4 Å². The first-order valence-corrected chi connectivity index (χ1v) is 9.45. The standard InChI is InChI=1S/C19H14BrClO3S/c1-12-2-9-19(25-12)17(22)7-6-14-4-5-15(24-14)11-23-18-8-3-13(20)10-16(18)21/h2-10H,11H2,1H3/b7-6+. The van der Waals surface area contributed by atoms with E-state index in [-0.39, 0.29) is 12.4 Å². The molecule has 0 N–H and O–H groups in total. The maximum absolute atomic E-state index is 12.1. The Labute approximate surface area is 163 Å². The fourth-order valence-electron chi connectivity index (χ4n) is 2.11. The van der Waals surface area contributed by atoms with E-state index in [0.29, 0.717) is 27.2 Å². The highest BCUT2D eigenvalue weighted by atomic mass is 79.9. The molecule has 25 heavy (non-hydrogen) atoms. The molecule has 0 radical (unpaired) electrons. The van der Waals surface area contributed by atoms with Crippen LogP contribution in [0.3, 0.4) is 0 Å². The molecule has 0 spiro atoms. The minimum absolute atomic E-state index is 0.0334. The first-order chi connectivity index (χ1) is 12.0.